The monoisotopic (exact) mass is 313 g/mol. The summed E-state index contributed by atoms with van der Waals surface area (Å²) in [6.45, 7) is 2.23. The molecule has 4 rings (SSSR count). The number of benzene rings is 1. The molecular weight excluding hydrogens is 290 g/mol. The summed E-state index contributed by atoms with van der Waals surface area (Å²) in [4.78, 5) is 26.5. The van der Waals surface area contributed by atoms with E-state index in [9.17, 15) is 9.59 Å². The van der Waals surface area contributed by atoms with Gasteiger partial charge in [-0.05, 0) is 56.4 Å². The van der Waals surface area contributed by atoms with Gasteiger partial charge in [-0.3, -0.25) is 9.59 Å². The lowest BCUT2D eigenvalue weighted by Crippen LogP contribution is -2.29. The summed E-state index contributed by atoms with van der Waals surface area (Å²) in [5.74, 6) is -0.265. The predicted octanol–water partition coefficient (Wildman–Crippen LogP) is 2.14. The number of anilines is 2. The van der Waals surface area contributed by atoms with Crippen LogP contribution in [0.3, 0.4) is 0 Å². The second-order valence-electron chi connectivity index (χ2n) is 6.96. The lowest BCUT2D eigenvalue weighted by Gasteiger charge is -2.17. The van der Waals surface area contributed by atoms with Gasteiger partial charge in [-0.15, -0.1) is 0 Å². The fourth-order valence-corrected chi connectivity index (χ4v) is 3.28. The molecule has 2 saturated carbocycles. The van der Waals surface area contributed by atoms with Crippen LogP contribution in [0.5, 0.6) is 0 Å². The molecule has 5 nitrogen and oxygen atoms in total. The molecule has 1 aromatic carbocycles. The third kappa shape index (κ3) is 3.33. The fourth-order valence-electron chi connectivity index (χ4n) is 3.28. The Kier molecular flexibility index (Phi) is 3.71. The Morgan fingerprint density at radius 1 is 0.957 bits per heavy atom. The normalized spacial score (nSPS) is 26.0. The Bertz CT molecular complexity index is 603. The zero-order chi connectivity index (χ0) is 15.8. The smallest absolute Gasteiger partial charge is 0.228 e. The van der Waals surface area contributed by atoms with E-state index in [-0.39, 0.29) is 23.7 Å². The third-order valence-electron chi connectivity index (χ3n) is 4.99. The first-order chi connectivity index (χ1) is 11.2. The second-order valence-corrected chi connectivity index (χ2v) is 6.96. The summed E-state index contributed by atoms with van der Waals surface area (Å²) < 4.78 is 0. The van der Waals surface area contributed by atoms with Crippen molar-refractivity contribution in [1.82, 2.24) is 5.32 Å². The minimum atomic E-state index is -0.160. The van der Waals surface area contributed by atoms with Crippen molar-refractivity contribution >= 4 is 23.2 Å². The second kappa shape index (κ2) is 5.87. The number of nitrogens with one attached hydrogen (secondary N) is 2. The number of carbonyl (C=O) groups is 2. The summed E-state index contributed by atoms with van der Waals surface area (Å²) >= 11 is 0. The van der Waals surface area contributed by atoms with Gasteiger partial charge in [0.2, 0.25) is 11.8 Å². The van der Waals surface area contributed by atoms with Crippen LogP contribution in [0.2, 0.25) is 0 Å². The van der Waals surface area contributed by atoms with Crippen LogP contribution in [0.15, 0.2) is 24.3 Å². The van der Waals surface area contributed by atoms with Gasteiger partial charge >= 0.3 is 0 Å². The topological polar surface area (TPSA) is 61.4 Å². The fraction of sp³-hybridized carbons (Fsp3) is 0.556. The first-order valence-corrected chi connectivity index (χ1v) is 8.67. The average Bonchev–Trinajstić information content (AvgIpc) is 3.47. The largest absolute Gasteiger partial charge is 0.372 e. The van der Waals surface area contributed by atoms with E-state index in [2.05, 4.69) is 27.7 Å². The summed E-state index contributed by atoms with van der Waals surface area (Å²) in [7, 11) is 0. The van der Waals surface area contributed by atoms with E-state index in [0.29, 0.717) is 12.5 Å². The summed E-state index contributed by atoms with van der Waals surface area (Å²) in [5, 5.41) is 5.92. The van der Waals surface area contributed by atoms with Crippen molar-refractivity contribution in [3.63, 3.8) is 0 Å². The van der Waals surface area contributed by atoms with E-state index in [1.165, 1.54) is 18.5 Å². The van der Waals surface area contributed by atoms with E-state index in [4.69, 9.17) is 0 Å². The molecule has 0 radical (unpaired) electrons. The molecule has 23 heavy (non-hydrogen) atoms. The SMILES string of the molecule is O=C(Nc1ccc(N2CCCC2)cc1)C1CC1C(=O)NC1CC1. The van der Waals surface area contributed by atoms with Gasteiger partial charge in [-0.2, -0.15) is 0 Å². The van der Waals surface area contributed by atoms with Gasteiger partial charge in [0.1, 0.15) is 0 Å². The van der Waals surface area contributed by atoms with Crippen molar-refractivity contribution in [1.29, 1.82) is 0 Å². The highest BCUT2D eigenvalue weighted by Crippen LogP contribution is 2.40. The molecule has 2 N–H and O–H groups in total. The minimum absolute atomic E-state index is 0.0325. The third-order valence-corrected chi connectivity index (χ3v) is 4.99. The minimum Gasteiger partial charge on any atom is -0.372 e. The average molecular weight is 313 g/mol. The van der Waals surface area contributed by atoms with Gasteiger partial charge in [0.15, 0.2) is 0 Å². The number of nitrogens with zero attached hydrogens (tertiary/aromatic N) is 1. The van der Waals surface area contributed by atoms with Crippen LogP contribution in [0.1, 0.15) is 32.1 Å². The van der Waals surface area contributed by atoms with Crippen molar-refractivity contribution < 1.29 is 9.59 Å². The van der Waals surface area contributed by atoms with Crippen molar-refractivity contribution in [2.75, 3.05) is 23.3 Å². The lowest BCUT2D eigenvalue weighted by atomic mass is 10.2. The molecule has 0 aromatic heterocycles. The quantitative estimate of drug-likeness (QED) is 0.875. The molecule has 1 aromatic rings. The molecule has 0 spiro atoms. The molecule has 122 valence electrons. The maximum atomic E-state index is 12.2. The molecule has 2 aliphatic carbocycles. The van der Waals surface area contributed by atoms with Crippen LogP contribution < -0.4 is 15.5 Å². The Balaban J connectivity index is 1.29. The van der Waals surface area contributed by atoms with Crippen LogP contribution in [0, 0.1) is 11.8 Å². The molecule has 2 unspecified atom stereocenters. The number of rotatable bonds is 5. The van der Waals surface area contributed by atoms with Crippen molar-refractivity contribution in [2.24, 2.45) is 11.8 Å². The Morgan fingerprint density at radius 3 is 2.26 bits per heavy atom. The molecule has 1 heterocycles. The van der Waals surface area contributed by atoms with Gasteiger partial charge in [-0.1, -0.05) is 0 Å². The number of amides is 2. The van der Waals surface area contributed by atoms with Crippen LogP contribution >= 0.6 is 0 Å². The zero-order valence-corrected chi connectivity index (χ0v) is 13.3. The number of carbonyl (C=O) groups excluding carboxylic acids is 2. The summed E-state index contributed by atoms with van der Waals surface area (Å²) in [6.07, 6.45) is 5.35. The summed E-state index contributed by atoms with van der Waals surface area (Å²) in [6, 6.07) is 8.39. The van der Waals surface area contributed by atoms with Gasteiger partial charge in [0.25, 0.3) is 0 Å². The Labute approximate surface area is 136 Å². The van der Waals surface area contributed by atoms with Crippen LogP contribution in [0.4, 0.5) is 11.4 Å². The predicted molar refractivity (Wildman–Crippen MR) is 89.3 cm³/mol. The van der Waals surface area contributed by atoms with Crippen molar-refractivity contribution in [2.45, 2.75) is 38.1 Å². The maximum absolute atomic E-state index is 12.2. The molecule has 1 saturated heterocycles. The Morgan fingerprint density at radius 2 is 1.61 bits per heavy atom. The summed E-state index contributed by atoms with van der Waals surface area (Å²) in [5.41, 5.74) is 2.03. The first kappa shape index (κ1) is 14.5. The van der Waals surface area contributed by atoms with Crippen LogP contribution in [-0.2, 0) is 9.59 Å². The van der Waals surface area contributed by atoms with E-state index in [1.54, 1.807) is 0 Å². The molecule has 2 amide bonds. The molecule has 0 bridgehead atoms. The van der Waals surface area contributed by atoms with Crippen molar-refractivity contribution in [3.8, 4) is 0 Å². The van der Waals surface area contributed by atoms with Crippen LogP contribution in [-0.4, -0.2) is 30.9 Å². The van der Waals surface area contributed by atoms with Gasteiger partial charge in [0.05, 0.1) is 11.8 Å². The lowest BCUT2D eigenvalue weighted by molar-refractivity contribution is -0.125. The zero-order valence-electron chi connectivity index (χ0n) is 13.3. The van der Waals surface area contributed by atoms with Gasteiger partial charge in [-0.25, -0.2) is 0 Å². The first-order valence-electron chi connectivity index (χ1n) is 8.67. The molecule has 2 atom stereocenters. The van der Waals surface area contributed by atoms with E-state index < -0.39 is 0 Å². The highest BCUT2D eigenvalue weighted by molar-refractivity contribution is 5.99. The number of hydrogen-bond acceptors (Lipinski definition) is 3. The van der Waals surface area contributed by atoms with E-state index in [1.807, 2.05) is 12.1 Å². The Hall–Kier alpha value is -2.04. The molecule has 5 heteroatoms. The van der Waals surface area contributed by atoms with Crippen molar-refractivity contribution in [3.05, 3.63) is 24.3 Å². The molecule has 3 fully saturated rings. The van der Waals surface area contributed by atoms with Gasteiger partial charge < -0.3 is 15.5 Å². The standard InChI is InChI=1S/C18H23N3O2/c22-17(19-12-3-4-12)15-11-16(15)18(23)20-13-5-7-14(8-6-13)21-9-1-2-10-21/h5-8,12,15-16H,1-4,9-11H2,(H,19,22)(H,20,23). The molecular formula is C18H23N3O2. The molecule has 3 aliphatic rings. The van der Waals surface area contributed by atoms with Gasteiger partial charge in [0, 0.05) is 30.5 Å². The molecule has 1 aliphatic heterocycles. The maximum Gasteiger partial charge on any atom is 0.228 e. The number of hydrogen-bond donors (Lipinski definition) is 2. The van der Waals surface area contributed by atoms with E-state index in [0.717, 1.165) is 31.6 Å². The highest BCUT2D eigenvalue weighted by Gasteiger charge is 2.48. The van der Waals surface area contributed by atoms with Crippen LogP contribution in [0.25, 0.3) is 0 Å². The highest BCUT2D eigenvalue weighted by atomic mass is 16.2. The van der Waals surface area contributed by atoms with E-state index >= 15 is 0 Å².